The van der Waals surface area contributed by atoms with Crippen LogP contribution in [0.15, 0.2) is 64.9 Å². The first-order valence-corrected chi connectivity index (χ1v) is 8.73. The zero-order chi connectivity index (χ0) is 17.9. The SMILES string of the molecule is O=C(/C=C/c1ccc2ccccc2n1)OCc1cc(=O)n2ccsc2n1. The number of hydrogen-bond acceptors (Lipinski definition) is 6. The van der Waals surface area contributed by atoms with E-state index in [9.17, 15) is 9.59 Å². The Bertz CT molecular complexity index is 1190. The lowest BCUT2D eigenvalue weighted by atomic mass is 10.2. The van der Waals surface area contributed by atoms with Gasteiger partial charge in [0.25, 0.3) is 5.56 Å². The Balaban J connectivity index is 1.43. The van der Waals surface area contributed by atoms with Crippen molar-refractivity contribution in [3.8, 4) is 0 Å². The van der Waals surface area contributed by atoms with E-state index in [4.69, 9.17) is 4.74 Å². The van der Waals surface area contributed by atoms with E-state index in [0.717, 1.165) is 10.9 Å². The molecule has 4 rings (SSSR count). The van der Waals surface area contributed by atoms with Crippen molar-refractivity contribution in [1.29, 1.82) is 0 Å². The Kier molecular flexibility index (Phi) is 4.28. The standard InChI is InChI=1S/C19H13N3O3S/c23-17-11-15(21-19-22(17)9-10-26-19)12-25-18(24)8-7-14-6-5-13-3-1-2-4-16(13)20-14/h1-11H,12H2/b8-7+. The molecular formula is C19H13N3O3S. The zero-order valence-corrected chi connectivity index (χ0v) is 14.3. The van der Waals surface area contributed by atoms with E-state index >= 15 is 0 Å². The molecule has 0 spiro atoms. The zero-order valence-electron chi connectivity index (χ0n) is 13.5. The van der Waals surface area contributed by atoms with Crippen LogP contribution in [-0.4, -0.2) is 20.3 Å². The highest BCUT2D eigenvalue weighted by Crippen LogP contribution is 2.12. The molecule has 3 heterocycles. The van der Waals surface area contributed by atoms with Crippen molar-refractivity contribution < 1.29 is 9.53 Å². The number of rotatable bonds is 4. The van der Waals surface area contributed by atoms with Crippen molar-refractivity contribution in [1.82, 2.24) is 14.4 Å². The van der Waals surface area contributed by atoms with E-state index in [2.05, 4.69) is 9.97 Å². The molecular weight excluding hydrogens is 350 g/mol. The van der Waals surface area contributed by atoms with Gasteiger partial charge >= 0.3 is 5.97 Å². The Labute approximate surface area is 152 Å². The van der Waals surface area contributed by atoms with Gasteiger partial charge in [-0.15, -0.1) is 11.3 Å². The van der Waals surface area contributed by atoms with Crippen molar-refractivity contribution >= 4 is 39.2 Å². The van der Waals surface area contributed by atoms with E-state index in [1.807, 2.05) is 36.4 Å². The molecule has 0 aliphatic rings. The predicted octanol–water partition coefficient (Wildman–Crippen LogP) is 3.06. The summed E-state index contributed by atoms with van der Waals surface area (Å²) in [5.41, 5.74) is 1.75. The second-order valence-corrected chi connectivity index (χ2v) is 6.38. The first-order valence-electron chi connectivity index (χ1n) is 7.85. The fourth-order valence-corrected chi connectivity index (χ4v) is 3.22. The second-order valence-electron chi connectivity index (χ2n) is 5.51. The molecule has 0 aliphatic heterocycles. The van der Waals surface area contributed by atoms with Crippen LogP contribution in [0.4, 0.5) is 0 Å². The normalized spacial score (nSPS) is 11.4. The van der Waals surface area contributed by atoms with Crippen molar-refractivity contribution in [2.45, 2.75) is 6.61 Å². The third kappa shape index (κ3) is 3.38. The smallest absolute Gasteiger partial charge is 0.331 e. The predicted molar refractivity (Wildman–Crippen MR) is 99.9 cm³/mol. The first kappa shape index (κ1) is 16.2. The molecule has 0 radical (unpaired) electrons. The van der Waals surface area contributed by atoms with Gasteiger partial charge in [-0.25, -0.2) is 14.8 Å². The van der Waals surface area contributed by atoms with Crippen LogP contribution in [0.5, 0.6) is 0 Å². The Morgan fingerprint density at radius 1 is 1.19 bits per heavy atom. The number of esters is 1. The molecule has 1 aromatic carbocycles. The summed E-state index contributed by atoms with van der Waals surface area (Å²) in [7, 11) is 0. The van der Waals surface area contributed by atoms with Gasteiger partial charge in [0.1, 0.15) is 6.61 Å². The lowest BCUT2D eigenvalue weighted by Crippen LogP contribution is -2.14. The van der Waals surface area contributed by atoms with Gasteiger partial charge in [0.2, 0.25) is 0 Å². The largest absolute Gasteiger partial charge is 0.456 e. The topological polar surface area (TPSA) is 73.6 Å². The lowest BCUT2D eigenvalue weighted by molar-refractivity contribution is -0.139. The monoisotopic (exact) mass is 363 g/mol. The van der Waals surface area contributed by atoms with Gasteiger partial charge in [0, 0.05) is 29.1 Å². The second kappa shape index (κ2) is 6.89. The Morgan fingerprint density at radius 2 is 2.08 bits per heavy atom. The number of carbonyl (C=O) groups excluding carboxylic acids is 1. The minimum atomic E-state index is -0.520. The molecule has 0 aliphatic carbocycles. The van der Waals surface area contributed by atoms with Crippen LogP contribution in [0.25, 0.3) is 21.9 Å². The van der Waals surface area contributed by atoms with Crippen molar-refractivity contribution in [3.63, 3.8) is 0 Å². The number of para-hydroxylation sites is 1. The minimum Gasteiger partial charge on any atom is -0.456 e. The first-order chi connectivity index (χ1) is 12.7. The molecule has 26 heavy (non-hydrogen) atoms. The van der Waals surface area contributed by atoms with Crippen molar-refractivity contribution in [2.75, 3.05) is 0 Å². The molecule has 0 amide bonds. The maximum absolute atomic E-state index is 11.9. The summed E-state index contributed by atoms with van der Waals surface area (Å²) in [4.78, 5) is 33.1. The molecule has 3 aromatic heterocycles. The number of thiazole rings is 1. The molecule has 0 saturated carbocycles. The van der Waals surface area contributed by atoms with Crippen LogP contribution >= 0.6 is 11.3 Å². The van der Waals surface area contributed by atoms with Crippen LogP contribution in [0.2, 0.25) is 0 Å². The quantitative estimate of drug-likeness (QED) is 0.412. The number of benzene rings is 1. The van der Waals surface area contributed by atoms with E-state index in [0.29, 0.717) is 16.3 Å². The summed E-state index contributed by atoms with van der Waals surface area (Å²) in [5, 5.41) is 2.81. The molecule has 4 aromatic rings. The highest BCUT2D eigenvalue weighted by molar-refractivity contribution is 7.15. The molecule has 0 fully saturated rings. The number of pyridine rings is 1. The van der Waals surface area contributed by atoms with Gasteiger partial charge in [-0.1, -0.05) is 24.3 Å². The fourth-order valence-electron chi connectivity index (χ4n) is 2.48. The maximum atomic E-state index is 11.9. The third-order valence-electron chi connectivity index (χ3n) is 3.73. The van der Waals surface area contributed by atoms with Crippen LogP contribution in [0, 0.1) is 0 Å². The molecule has 0 saturated heterocycles. The molecule has 0 N–H and O–H groups in total. The van der Waals surface area contributed by atoms with Gasteiger partial charge < -0.3 is 4.74 Å². The van der Waals surface area contributed by atoms with Gasteiger partial charge in [-0.2, -0.15) is 0 Å². The summed E-state index contributed by atoms with van der Waals surface area (Å²) in [6.45, 7) is -0.0576. The van der Waals surface area contributed by atoms with E-state index in [1.165, 1.54) is 27.9 Å². The van der Waals surface area contributed by atoms with Crippen LogP contribution < -0.4 is 5.56 Å². The Hall–Kier alpha value is -3.32. The summed E-state index contributed by atoms with van der Waals surface area (Å²) in [6, 6.07) is 12.9. The number of hydrogen-bond donors (Lipinski definition) is 0. The van der Waals surface area contributed by atoms with Crippen molar-refractivity contribution in [3.05, 3.63) is 81.9 Å². The van der Waals surface area contributed by atoms with Crippen molar-refractivity contribution in [2.24, 2.45) is 0 Å². The van der Waals surface area contributed by atoms with Crippen LogP contribution in [-0.2, 0) is 16.1 Å². The summed E-state index contributed by atoms with van der Waals surface area (Å²) in [6.07, 6.45) is 4.57. The summed E-state index contributed by atoms with van der Waals surface area (Å²) in [5.74, 6) is -0.520. The van der Waals surface area contributed by atoms with Gasteiger partial charge in [-0.3, -0.25) is 9.20 Å². The van der Waals surface area contributed by atoms with E-state index in [1.54, 1.807) is 17.7 Å². The summed E-state index contributed by atoms with van der Waals surface area (Å²) >= 11 is 1.35. The third-order valence-corrected chi connectivity index (χ3v) is 4.49. The molecule has 7 heteroatoms. The van der Waals surface area contributed by atoms with Gasteiger partial charge in [0.05, 0.1) is 16.9 Å². The molecule has 0 bridgehead atoms. The summed E-state index contributed by atoms with van der Waals surface area (Å²) < 4.78 is 6.60. The average Bonchev–Trinajstić information content (AvgIpc) is 3.14. The van der Waals surface area contributed by atoms with Gasteiger partial charge in [-0.05, 0) is 18.2 Å². The number of aromatic nitrogens is 3. The minimum absolute atomic E-state index is 0.0576. The molecule has 128 valence electrons. The highest BCUT2D eigenvalue weighted by atomic mass is 32.1. The molecule has 0 unspecified atom stereocenters. The van der Waals surface area contributed by atoms with E-state index in [-0.39, 0.29) is 12.2 Å². The maximum Gasteiger partial charge on any atom is 0.331 e. The highest BCUT2D eigenvalue weighted by Gasteiger charge is 2.05. The number of ether oxygens (including phenoxy) is 1. The fraction of sp³-hybridized carbons (Fsp3) is 0.0526. The number of carbonyl (C=O) groups is 1. The molecule has 6 nitrogen and oxygen atoms in total. The van der Waals surface area contributed by atoms with Crippen LogP contribution in [0.1, 0.15) is 11.4 Å². The lowest BCUT2D eigenvalue weighted by Gasteiger charge is -2.02. The number of fused-ring (bicyclic) bond motifs is 2. The van der Waals surface area contributed by atoms with Gasteiger partial charge in [0.15, 0.2) is 4.96 Å². The number of nitrogens with zero attached hydrogens (tertiary/aromatic N) is 3. The molecule has 0 atom stereocenters. The van der Waals surface area contributed by atoms with E-state index < -0.39 is 5.97 Å². The van der Waals surface area contributed by atoms with Crippen LogP contribution in [0.3, 0.4) is 0 Å². The average molecular weight is 363 g/mol. The Morgan fingerprint density at radius 3 is 3.00 bits per heavy atom.